The van der Waals surface area contributed by atoms with Crippen molar-refractivity contribution in [3.8, 4) is 0 Å². The van der Waals surface area contributed by atoms with E-state index in [2.05, 4.69) is 20.8 Å². The first kappa shape index (κ1) is 16.3. The molecule has 4 rings (SSSR count). The van der Waals surface area contributed by atoms with Crippen LogP contribution in [0.15, 0.2) is 0 Å². The Labute approximate surface area is 136 Å². The summed E-state index contributed by atoms with van der Waals surface area (Å²) >= 11 is 0. The van der Waals surface area contributed by atoms with Crippen molar-refractivity contribution in [2.45, 2.75) is 84.7 Å². The van der Waals surface area contributed by atoms with Crippen molar-refractivity contribution < 1.29 is 9.53 Å². The maximum atomic E-state index is 12.7. The van der Waals surface area contributed by atoms with Gasteiger partial charge in [0.15, 0.2) is 0 Å². The Hall–Kier alpha value is -0.530. The Bertz CT molecular complexity index is 382. The zero-order valence-corrected chi connectivity index (χ0v) is 14.9. The molecule has 0 saturated heterocycles. The predicted molar refractivity (Wildman–Crippen MR) is 89.4 cm³/mol. The molecule has 1 unspecified atom stereocenters. The minimum absolute atomic E-state index is 0.0448. The van der Waals surface area contributed by atoms with E-state index in [0.717, 1.165) is 31.1 Å². The van der Waals surface area contributed by atoms with Gasteiger partial charge in [-0.1, -0.05) is 27.7 Å². The molecule has 0 amide bonds. The molecule has 4 saturated carbocycles. The SMILES string of the molecule is CCC(C)C(=O)OC1(C(CC)CC)C2CC3CC(C2)CC1C3. The highest BCUT2D eigenvalue weighted by atomic mass is 16.6. The quantitative estimate of drug-likeness (QED) is 0.630. The highest BCUT2D eigenvalue weighted by molar-refractivity contribution is 5.72. The fraction of sp³-hybridized carbons (Fsp3) is 0.950. The van der Waals surface area contributed by atoms with Crippen LogP contribution in [-0.4, -0.2) is 11.6 Å². The molecule has 0 spiro atoms. The molecule has 0 aromatic heterocycles. The van der Waals surface area contributed by atoms with Crippen molar-refractivity contribution in [1.82, 2.24) is 0 Å². The fourth-order valence-corrected chi connectivity index (χ4v) is 6.21. The molecule has 2 heteroatoms. The van der Waals surface area contributed by atoms with Gasteiger partial charge in [0.1, 0.15) is 5.60 Å². The number of rotatable bonds is 6. The first-order valence-electron chi connectivity index (χ1n) is 9.77. The molecule has 0 aromatic rings. The van der Waals surface area contributed by atoms with Gasteiger partial charge in [0.2, 0.25) is 0 Å². The molecule has 1 atom stereocenters. The lowest BCUT2D eigenvalue weighted by Crippen LogP contribution is -2.63. The number of carbonyl (C=O) groups excluding carboxylic acids is 1. The van der Waals surface area contributed by atoms with Crippen LogP contribution in [0.3, 0.4) is 0 Å². The predicted octanol–water partition coefficient (Wildman–Crippen LogP) is 5.21. The molecule has 0 heterocycles. The molecular weight excluding hydrogens is 272 g/mol. The van der Waals surface area contributed by atoms with Gasteiger partial charge in [-0.2, -0.15) is 0 Å². The van der Waals surface area contributed by atoms with Crippen LogP contribution in [0.2, 0.25) is 0 Å². The third kappa shape index (κ3) is 2.41. The summed E-state index contributed by atoms with van der Waals surface area (Å²) in [5.41, 5.74) is -0.128. The first-order valence-corrected chi connectivity index (χ1v) is 9.77. The third-order valence-electron chi connectivity index (χ3n) is 7.33. The second-order valence-corrected chi connectivity index (χ2v) is 8.40. The van der Waals surface area contributed by atoms with Gasteiger partial charge < -0.3 is 4.74 Å². The summed E-state index contributed by atoms with van der Waals surface area (Å²) in [4.78, 5) is 12.7. The average Bonchev–Trinajstić information content (AvgIpc) is 2.51. The zero-order valence-electron chi connectivity index (χ0n) is 14.9. The molecule has 0 radical (unpaired) electrons. The highest BCUT2D eigenvalue weighted by Crippen LogP contribution is 2.62. The van der Waals surface area contributed by atoms with Crippen molar-refractivity contribution in [3.05, 3.63) is 0 Å². The van der Waals surface area contributed by atoms with E-state index < -0.39 is 0 Å². The summed E-state index contributed by atoms with van der Waals surface area (Å²) in [5.74, 6) is 3.80. The summed E-state index contributed by atoms with van der Waals surface area (Å²) < 4.78 is 6.47. The second kappa shape index (κ2) is 6.17. The largest absolute Gasteiger partial charge is 0.458 e. The lowest BCUT2D eigenvalue weighted by Gasteiger charge is -2.62. The zero-order chi connectivity index (χ0) is 15.9. The van der Waals surface area contributed by atoms with Crippen molar-refractivity contribution in [2.75, 3.05) is 0 Å². The van der Waals surface area contributed by atoms with Gasteiger partial charge in [-0.05, 0) is 81.0 Å². The molecule has 0 N–H and O–H groups in total. The smallest absolute Gasteiger partial charge is 0.309 e. The van der Waals surface area contributed by atoms with Crippen LogP contribution in [0, 0.1) is 35.5 Å². The number of carbonyl (C=O) groups is 1. The molecule has 0 aliphatic heterocycles. The monoisotopic (exact) mass is 306 g/mol. The normalized spacial score (nSPS) is 41.0. The van der Waals surface area contributed by atoms with E-state index in [1.165, 1.54) is 32.1 Å². The Morgan fingerprint density at radius 3 is 1.86 bits per heavy atom. The standard InChI is InChI=1S/C20H34O2/c1-5-13(4)19(21)22-20(16(6-2)7-3)17-9-14-8-15(11-17)12-18(20)10-14/h13-18H,5-12H2,1-4H3. The molecular formula is C20H34O2. The van der Waals surface area contributed by atoms with E-state index in [1.807, 2.05) is 6.92 Å². The van der Waals surface area contributed by atoms with Crippen molar-refractivity contribution >= 4 is 5.97 Å². The van der Waals surface area contributed by atoms with Crippen LogP contribution < -0.4 is 0 Å². The summed E-state index contributed by atoms with van der Waals surface area (Å²) in [6.07, 6.45) is 9.89. The highest BCUT2D eigenvalue weighted by Gasteiger charge is 2.61. The van der Waals surface area contributed by atoms with E-state index in [9.17, 15) is 4.79 Å². The lowest BCUT2D eigenvalue weighted by molar-refractivity contribution is -0.232. The number of hydrogen-bond donors (Lipinski definition) is 0. The number of hydrogen-bond acceptors (Lipinski definition) is 2. The molecule has 126 valence electrons. The second-order valence-electron chi connectivity index (χ2n) is 8.40. The number of esters is 1. The molecule has 22 heavy (non-hydrogen) atoms. The molecule has 4 bridgehead atoms. The van der Waals surface area contributed by atoms with Crippen molar-refractivity contribution in [1.29, 1.82) is 0 Å². The van der Waals surface area contributed by atoms with Crippen LogP contribution in [0.25, 0.3) is 0 Å². The Morgan fingerprint density at radius 2 is 1.45 bits per heavy atom. The van der Waals surface area contributed by atoms with Gasteiger partial charge in [-0.25, -0.2) is 0 Å². The van der Waals surface area contributed by atoms with E-state index in [-0.39, 0.29) is 17.5 Å². The van der Waals surface area contributed by atoms with Crippen molar-refractivity contribution in [3.63, 3.8) is 0 Å². The van der Waals surface area contributed by atoms with Gasteiger partial charge >= 0.3 is 5.97 Å². The summed E-state index contributed by atoms with van der Waals surface area (Å²) in [7, 11) is 0. The summed E-state index contributed by atoms with van der Waals surface area (Å²) in [6.45, 7) is 8.70. The van der Waals surface area contributed by atoms with Crippen LogP contribution >= 0.6 is 0 Å². The number of ether oxygens (including phenoxy) is 1. The van der Waals surface area contributed by atoms with E-state index in [0.29, 0.717) is 17.8 Å². The Balaban J connectivity index is 1.92. The molecule has 4 aliphatic rings. The van der Waals surface area contributed by atoms with Gasteiger partial charge in [0, 0.05) is 0 Å². The molecule has 0 aromatic carbocycles. The molecule has 4 fully saturated rings. The van der Waals surface area contributed by atoms with E-state index >= 15 is 0 Å². The first-order chi connectivity index (χ1) is 10.5. The Morgan fingerprint density at radius 1 is 0.955 bits per heavy atom. The van der Waals surface area contributed by atoms with Gasteiger partial charge in [-0.3, -0.25) is 4.79 Å². The van der Waals surface area contributed by atoms with Gasteiger partial charge in [0.05, 0.1) is 5.92 Å². The topological polar surface area (TPSA) is 26.3 Å². The Kier molecular flexibility index (Phi) is 4.58. The van der Waals surface area contributed by atoms with Crippen LogP contribution in [0.1, 0.15) is 79.1 Å². The third-order valence-corrected chi connectivity index (χ3v) is 7.33. The lowest BCUT2D eigenvalue weighted by atomic mass is 9.46. The van der Waals surface area contributed by atoms with E-state index in [4.69, 9.17) is 4.74 Å². The minimum atomic E-state index is -0.128. The fourth-order valence-electron chi connectivity index (χ4n) is 6.21. The van der Waals surface area contributed by atoms with Crippen molar-refractivity contribution in [2.24, 2.45) is 35.5 Å². The van der Waals surface area contributed by atoms with E-state index in [1.54, 1.807) is 0 Å². The van der Waals surface area contributed by atoms with Gasteiger partial charge in [-0.15, -0.1) is 0 Å². The maximum Gasteiger partial charge on any atom is 0.309 e. The van der Waals surface area contributed by atoms with Crippen LogP contribution in [-0.2, 0) is 9.53 Å². The average molecular weight is 306 g/mol. The molecule has 4 aliphatic carbocycles. The minimum Gasteiger partial charge on any atom is -0.458 e. The maximum absolute atomic E-state index is 12.7. The molecule has 2 nitrogen and oxygen atoms in total. The summed E-state index contributed by atoms with van der Waals surface area (Å²) in [5, 5.41) is 0. The summed E-state index contributed by atoms with van der Waals surface area (Å²) in [6, 6.07) is 0. The van der Waals surface area contributed by atoms with Crippen LogP contribution in [0.4, 0.5) is 0 Å². The van der Waals surface area contributed by atoms with Gasteiger partial charge in [0.25, 0.3) is 0 Å². The van der Waals surface area contributed by atoms with Crippen LogP contribution in [0.5, 0.6) is 0 Å².